The number of hydrogen-bond acceptors (Lipinski definition) is 4. The minimum atomic E-state index is -0.509. The molecule has 7 heteroatoms. The first-order valence-electron chi connectivity index (χ1n) is 10.7. The molecular formula is C23H35N3O4. The zero-order valence-corrected chi connectivity index (χ0v) is 18.9. The molecule has 0 spiro atoms. The molecule has 2 rings (SSSR count). The number of amides is 3. The molecule has 30 heavy (non-hydrogen) atoms. The van der Waals surface area contributed by atoms with Gasteiger partial charge in [-0.3, -0.25) is 9.59 Å². The summed E-state index contributed by atoms with van der Waals surface area (Å²) in [5.41, 5.74) is 1.35. The SMILES string of the molecule is CCc1ccccc1NC(=O)CN(C)C(=O)CC1CCN(C(=O)OC(C)(C)C)CC1. The van der Waals surface area contributed by atoms with Crippen molar-refractivity contribution in [2.45, 2.75) is 59.0 Å². The van der Waals surface area contributed by atoms with E-state index in [1.165, 1.54) is 4.90 Å². The fourth-order valence-electron chi connectivity index (χ4n) is 3.49. The van der Waals surface area contributed by atoms with Gasteiger partial charge in [0.05, 0.1) is 6.54 Å². The standard InChI is InChI=1S/C23H35N3O4/c1-6-18-9-7-8-10-19(18)24-20(27)16-25(5)21(28)15-17-11-13-26(14-12-17)22(29)30-23(2,3)4/h7-10,17H,6,11-16H2,1-5H3,(H,24,27). The molecule has 0 radical (unpaired) electrons. The van der Waals surface area contributed by atoms with E-state index in [0.29, 0.717) is 19.5 Å². The maximum absolute atomic E-state index is 12.6. The summed E-state index contributed by atoms with van der Waals surface area (Å²) < 4.78 is 5.41. The first-order valence-corrected chi connectivity index (χ1v) is 10.7. The number of benzene rings is 1. The number of piperidine rings is 1. The highest BCUT2D eigenvalue weighted by molar-refractivity contribution is 5.95. The van der Waals surface area contributed by atoms with Crippen LogP contribution >= 0.6 is 0 Å². The Kier molecular flexibility index (Phi) is 8.26. The van der Waals surface area contributed by atoms with Gasteiger partial charge in [0.25, 0.3) is 0 Å². The summed E-state index contributed by atoms with van der Waals surface area (Å²) >= 11 is 0. The number of nitrogens with one attached hydrogen (secondary N) is 1. The van der Waals surface area contributed by atoms with Gasteiger partial charge in [0.15, 0.2) is 0 Å². The first-order chi connectivity index (χ1) is 14.1. The molecule has 1 N–H and O–H groups in total. The van der Waals surface area contributed by atoms with Crippen molar-refractivity contribution < 1.29 is 19.1 Å². The fraction of sp³-hybridized carbons (Fsp3) is 0.609. The summed E-state index contributed by atoms with van der Waals surface area (Å²) in [5.74, 6) is -0.0429. The van der Waals surface area contributed by atoms with Crippen LogP contribution in [0.15, 0.2) is 24.3 Å². The van der Waals surface area contributed by atoms with Gasteiger partial charge in [-0.2, -0.15) is 0 Å². The molecule has 1 aromatic carbocycles. The maximum atomic E-state index is 12.6. The van der Waals surface area contributed by atoms with Crippen LogP contribution in [0.3, 0.4) is 0 Å². The Morgan fingerprint density at radius 1 is 1.17 bits per heavy atom. The van der Waals surface area contributed by atoms with Crippen LogP contribution < -0.4 is 5.32 Å². The van der Waals surface area contributed by atoms with Crippen molar-refractivity contribution in [3.63, 3.8) is 0 Å². The van der Waals surface area contributed by atoms with E-state index in [4.69, 9.17) is 4.74 Å². The molecule has 7 nitrogen and oxygen atoms in total. The van der Waals surface area contributed by atoms with Crippen molar-refractivity contribution in [2.75, 3.05) is 32.0 Å². The molecular weight excluding hydrogens is 382 g/mol. The van der Waals surface area contributed by atoms with Gasteiger partial charge in [-0.25, -0.2) is 4.79 Å². The zero-order chi connectivity index (χ0) is 22.3. The summed E-state index contributed by atoms with van der Waals surface area (Å²) in [5, 5.41) is 2.90. The Balaban J connectivity index is 1.77. The quantitative estimate of drug-likeness (QED) is 0.766. The van der Waals surface area contributed by atoms with Gasteiger partial charge in [0.1, 0.15) is 5.60 Å². The van der Waals surface area contributed by atoms with Crippen LogP contribution in [0.1, 0.15) is 52.5 Å². The van der Waals surface area contributed by atoms with Crippen molar-refractivity contribution in [1.82, 2.24) is 9.80 Å². The monoisotopic (exact) mass is 417 g/mol. The number of anilines is 1. The van der Waals surface area contributed by atoms with Crippen molar-refractivity contribution in [3.05, 3.63) is 29.8 Å². The number of ether oxygens (including phenoxy) is 1. The molecule has 0 atom stereocenters. The number of nitrogens with zero attached hydrogens (tertiary/aromatic N) is 2. The van der Waals surface area contributed by atoms with Crippen molar-refractivity contribution in [2.24, 2.45) is 5.92 Å². The van der Waals surface area contributed by atoms with E-state index >= 15 is 0 Å². The van der Waals surface area contributed by atoms with Crippen molar-refractivity contribution in [3.8, 4) is 0 Å². The lowest BCUT2D eigenvalue weighted by molar-refractivity contribution is -0.134. The van der Waals surface area contributed by atoms with Crippen molar-refractivity contribution in [1.29, 1.82) is 0 Å². The molecule has 0 bridgehead atoms. The number of rotatable bonds is 6. The van der Waals surface area contributed by atoms with Gasteiger partial charge in [0, 0.05) is 32.2 Å². The highest BCUT2D eigenvalue weighted by Crippen LogP contribution is 2.23. The van der Waals surface area contributed by atoms with Crippen LogP contribution in [-0.4, -0.2) is 60.0 Å². The highest BCUT2D eigenvalue weighted by Gasteiger charge is 2.28. The van der Waals surface area contributed by atoms with Gasteiger partial charge in [-0.15, -0.1) is 0 Å². The van der Waals surface area contributed by atoms with E-state index in [1.807, 2.05) is 52.0 Å². The van der Waals surface area contributed by atoms with Crippen LogP contribution in [0, 0.1) is 5.92 Å². The molecule has 0 saturated carbocycles. The Hall–Kier alpha value is -2.57. The molecule has 1 aliphatic rings. The van der Waals surface area contributed by atoms with Gasteiger partial charge in [0.2, 0.25) is 11.8 Å². The van der Waals surface area contributed by atoms with Crippen LogP contribution in [0.25, 0.3) is 0 Å². The van der Waals surface area contributed by atoms with Crippen LogP contribution in [0.5, 0.6) is 0 Å². The fourth-order valence-corrected chi connectivity index (χ4v) is 3.49. The average molecular weight is 418 g/mol. The van der Waals surface area contributed by atoms with Gasteiger partial charge in [-0.05, 0) is 57.6 Å². The minimum Gasteiger partial charge on any atom is -0.444 e. The van der Waals surface area contributed by atoms with Crippen molar-refractivity contribution >= 4 is 23.6 Å². The Bertz CT molecular complexity index is 749. The molecule has 0 aliphatic carbocycles. The molecule has 1 heterocycles. The number of para-hydroxylation sites is 1. The van der Waals surface area contributed by atoms with E-state index < -0.39 is 5.60 Å². The van der Waals surface area contributed by atoms with E-state index in [-0.39, 0.29) is 30.4 Å². The molecule has 1 aliphatic heterocycles. The number of aryl methyl sites for hydroxylation is 1. The molecule has 0 aromatic heterocycles. The van der Waals surface area contributed by atoms with Crippen LogP contribution in [0.4, 0.5) is 10.5 Å². The number of carbonyl (C=O) groups is 3. The number of likely N-dealkylation sites (tertiary alicyclic amines) is 1. The predicted molar refractivity (Wildman–Crippen MR) is 117 cm³/mol. The first kappa shape index (κ1) is 23.7. The van der Waals surface area contributed by atoms with Crippen LogP contribution in [-0.2, 0) is 20.7 Å². The van der Waals surface area contributed by atoms with Gasteiger partial charge < -0.3 is 19.9 Å². The number of carbonyl (C=O) groups excluding carboxylic acids is 3. The molecule has 1 saturated heterocycles. The summed E-state index contributed by atoms with van der Waals surface area (Å²) in [6.07, 6.45) is 2.43. The largest absolute Gasteiger partial charge is 0.444 e. The summed E-state index contributed by atoms with van der Waals surface area (Å²) in [7, 11) is 1.66. The van der Waals surface area contributed by atoms with Gasteiger partial charge in [-0.1, -0.05) is 25.1 Å². The number of likely N-dealkylation sites (N-methyl/N-ethyl adjacent to an activating group) is 1. The lowest BCUT2D eigenvalue weighted by Crippen LogP contribution is -2.43. The lowest BCUT2D eigenvalue weighted by atomic mass is 9.93. The Morgan fingerprint density at radius 2 is 1.80 bits per heavy atom. The summed E-state index contributed by atoms with van der Waals surface area (Å²) in [6.45, 7) is 8.79. The van der Waals surface area contributed by atoms with E-state index in [1.54, 1.807) is 11.9 Å². The smallest absolute Gasteiger partial charge is 0.410 e. The second-order valence-corrected chi connectivity index (χ2v) is 8.92. The molecule has 0 unspecified atom stereocenters. The highest BCUT2D eigenvalue weighted by atomic mass is 16.6. The predicted octanol–water partition coefficient (Wildman–Crippen LogP) is 3.68. The normalized spacial score (nSPS) is 14.9. The average Bonchev–Trinajstić information content (AvgIpc) is 2.67. The maximum Gasteiger partial charge on any atom is 0.410 e. The summed E-state index contributed by atoms with van der Waals surface area (Å²) in [4.78, 5) is 40.3. The zero-order valence-electron chi connectivity index (χ0n) is 18.9. The molecule has 1 aromatic rings. The molecule has 166 valence electrons. The Labute approximate surface area is 179 Å². The topological polar surface area (TPSA) is 79.0 Å². The Morgan fingerprint density at radius 3 is 2.40 bits per heavy atom. The lowest BCUT2D eigenvalue weighted by Gasteiger charge is -2.33. The van der Waals surface area contributed by atoms with E-state index in [2.05, 4.69) is 5.32 Å². The summed E-state index contributed by atoms with van der Waals surface area (Å²) in [6, 6.07) is 7.68. The molecule has 3 amide bonds. The third-order valence-electron chi connectivity index (χ3n) is 5.21. The minimum absolute atomic E-state index is 0.0215. The van der Waals surface area contributed by atoms with E-state index in [9.17, 15) is 14.4 Å². The number of hydrogen-bond donors (Lipinski definition) is 1. The second kappa shape index (κ2) is 10.5. The molecule has 1 fully saturated rings. The van der Waals surface area contributed by atoms with Crippen LogP contribution in [0.2, 0.25) is 0 Å². The van der Waals surface area contributed by atoms with E-state index in [0.717, 1.165) is 30.5 Å². The van der Waals surface area contributed by atoms with Gasteiger partial charge >= 0.3 is 6.09 Å². The third kappa shape index (κ3) is 7.35. The second-order valence-electron chi connectivity index (χ2n) is 8.92. The third-order valence-corrected chi connectivity index (χ3v) is 5.21.